The lowest BCUT2D eigenvalue weighted by molar-refractivity contribution is 0.414. The van der Waals surface area contributed by atoms with E-state index >= 15 is 0 Å². The van der Waals surface area contributed by atoms with Gasteiger partial charge >= 0.3 is 0 Å². The summed E-state index contributed by atoms with van der Waals surface area (Å²) < 4.78 is 46.5. The number of nitrogens with zero attached hydrogens (tertiary/aromatic N) is 3. The van der Waals surface area contributed by atoms with Gasteiger partial charge in [-0.1, -0.05) is 0 Å². The van der Waals surface area contributed by atoms with Crippen molar-refractivity contribution < 1.29 is 17.9 Å². The zero-order valence-electron chi connectivity index (χ0n) is 16.1. The Morgan fingerprint density at radius 3 is 2.53 bits per heavy atom. The van der Waals surface area contributed by atoms with Gasteiger partial charge in [0.15, 0.2) is 12.0 Å². The molecule has 0 aliphatic rings. The molecule has 30 heavy (non-hydrogen) atoms. The maximum absolute atomic E-state index is 14.1. The van der Waals surface area contributed by atoms with Gasteiger partial charge < -0.3 is 15.8 Å². The zero-order valence-corrected chi connectivity index (χ0v) is 16.9. The van der Waals surface area contributed by atoms with Gasteiger partial charge in [0.25, 0.3) is 0 Å². The molecule has 0 radical (unpaired) electrons. The third-order valence-corrected chi connectivity index (χ3v) is 4.32. The molecule has 3 aromatic rings. The van der Waals surface area contributed by atoms with Crippen LogP contribution < -0.4 is 15.8 Å². The number of nitriles is 1. The average molecular weight is 433 g/mol. The van der Waals surface area contributed by atoms with Crippen LogP contribution in [0, 0.1) is 28.9 Å². The van der Waals surface area contributed by atoms with Gasteiger partial charge in [0.05, 0.1) is 13.3 Å². The number of benzene rings is 2. The van der Waals surface area contributed by atoms with Crippen molar-refractivity contribution in [3.63, 3.8) is 0 Å². The van der Waals surface area contributed by atoms with Crippen molar-refractivity contribution in [2.24, 2.45) is 5.73 Å². The maximum atomic E-state index is 14.1. The molecular weight excluding hydrogens is 415 g/mol. The van der Waals surface area contributed by atoms with E-state index in [0.717, 1.165) is 29.6 Å². The maximum Gasteiger partial charge on any atom is 0.227 e. The molecule has 10 heteroatoms. The number of rotatable bonds is 6. The molecule has 3 N–H and O–H groups in total. The number of hydrogen-bond acceptors (Lipinski definition) is 7. The topological polar surface area (TPSA) is 96.8 Å². The van der Waals surface area contributed by atoms with E-state index in [-0.39, 0.29) is 17.2 Å². The van der Waals surface area contributed by atoms with Crippen molar-refractivity contribution in [2.45, 2.75) is 5.75 Å². The molecular formula is C20H18F3N5OS. The summed E-state index contributed by atoms with van der Waals surface area (Å²) in [5, 5.41) is 10.1. The summed E-state index contributed by atoms with van der Waals surface area (Å²) in [5.41, 5.74) is 5.43. The Morgan fingerprint density at radius 2 is 1.90 bits per heavy atom. The van der Waals surface area contributed by atoms with Gasteiger partial charge in [0, 0.05) is 29.1 Å². The number of hydrogen-bond donors (Lipinski definition) is 2. The molecule has 0 spiro atoms. The summed E-state index contributed by atoms with van der Waals surface area (Å²) in [6.07, 6.45) is 4.18. The second kappa shape index (κ2) is 10.9. The Kier molecular flexibility index (Phi) is 8.31. The molecule has 6 nitrogen and oxygen atoms in total. The highest BCUT2D eigenvalue weighted by Gasteiger charge is 2.15. The van der Waals surface area contributed by atoms with E-state index in [1.165, 1.54) is 6.19 Å². The summed E-state index contributed by atoms with van der Waals surface area (Å²) >= 11 is 1.66. The van der Waals surface area contributed by atoms with Crippen molar-refractivity contribution in [1.82, 2.24) is 9.97 Å². The van der Waals surface area contributed by atoms with Crippen LogP contribution in [0.1, 0.15) is 5.56 Å². The quantitative estimate of drug-likeness (QED) is 0.433. The van der Waals surface area contributed by atoms with Gasteiger partial charge in [0.1, 0.15) is 23.1 Å². The summed E-state index contributed by atoms with van der Waals surface area (Å²) in [6, 6.07) is 8.41. The van der Waals surface area contributed by atoms with E-state index in [1.54, 1.807) is 24.9 Å². The number of ether oxygens (including phenoxy) is 1. The predicted molar refractivity (Wildman–Crippen MR) is 111 cm³/mol. The molecule has 3 rings (SSSR count). The molecule has 2 aromatic carbocycles. The Bertz CT molecular complexity index is 1060. The molecule has 0 aliphatic carbocycles. The Morgan fingerprint density at radius 1 is 1.17 bits per heavy atom. The normalized spacial score (nSPS) is 9.87. The fourth-order valence-electron chi connectivity index (χ4n) is 2.53. The summed E-state index contributed by atoms with van der Waals surface area (Å²) in [7, 11) is 1.56. The van der Waals surface area contributed by atoms with E-state index < -0.39 is 17.5 Å². The van der Waals surface area contributed by atoms with Gasteiger partial charge in [-0.15, -0.1) is 0 Å². The number of nitrogens with one attached hydrogen (secondary N) is 1. The summed E-state index contributed by atoms with van der Waals surface area (Å²) in [4.78, 5) is 7.95. The molecule has 1 aromatic heterocycles. The Labute approximate surface area is 175 Å². The van der Waals surface area contributed by atoms with Crippen molar-refractivity contribution in [3.8, 4) is 23.2 Å². The lowest BCUT2D eigenvalue weighted by Gasteiger charge is -2.11. The summed E-state index contributed by atoms with van der Waals surface area (Å²) in [6.45, 7) is 0. The molecule has 156 valence electrons. The number of halogens is 3. The first-order valence-corrected chi connectivity index (χ1v) is 9.82. The zero-order chi connectivity index (χ0) is 22.1. The SMILES string of the molecule is COc1cc(CSC)cc(Nc2ncc(F)c(-c3ccc(F)cc3F)n2)c1.N#CN. The van der Waals surface area contributed by atoms with Crippen molar-refractivity contribution >= 4 is 23.4 Å². The van der Waals surface area contributed by atoms with E-state index in [0.29, 0.717) is 17.5 Å². The molecule has 1 heterocycles. The third kappa shape index (κ3) is 6.02. The number of thioether (sulfide) groups is 1. The van der Waals surface area contributed by atoms with Crippen LogP contribution in [0.25, 0.3) is 11.3 Å². The lowest BCUT2D eigenvalue weighted by Crippen LogP contribution is -2.02. The number of aromatic nitrogens is 2. The average Bonchev–Trinajstić information content (AvgIpc) is 2.70. The van der Waals surface area contributed by atoms with Gasteiger partial charge in [-0.25, -0.2) is 23.1 Å². The van der Waals surface area contributed by atoms with Crippen molar-refractivity contribution in [1.29, 1.82) is 5.26 Å². The molecule has 0 unspecified atom stereocenters. The molecule has 0 saturated carbocycles. The minimum Gasteiger partial charge on any atom is -0.497 e. The van der Waals surface area contributed by atoms with Crippen LogP contribution in [0.5, 0.6) is 5.75 Å². The smallest absolute Gasteiger partial charge is 0.227 e. The second-order valence-electron chi connectivity index (χ2n) is 5.77. The van der Waals surface area contributed by atoms with Crippen LogP contribution in [0.2, 0.25) is 0 Å². The third-order valence-electron chi connectivity index (χ3n) is 3.70. The lowest BCUT2D eigenvalue weighted by atomic mass is 10.1. The van der Waals surface area contributed by atoms with Crippen molar-refractivity contribution in [2.75, 3.05) is 18.7 Å². The summed E-state index contributed by atoms with van der Waals surface area (Å²) in [5.74, 6) is -0.944. The van der Waals surface area contributed by atoms with Crippen LogP contribution in [0.15, 0.2) is 42.6 Å². The first kappa shape index (κ1) is 22.8. The highest BCUT2D eigenvalue weighted by molar-refractivity contribution is 7.97. The highest BCUT2D eigenvalue weighted by Crippen LogP contribution is 2.28. The monoisotopic (exact) mass is 433 g/mol. The number of anilines is 2. The van der Waals surface area contributed by atoms with Gasteiger partial charge in [-0.2, -0.15) is 17.0 Å². The molecule has 0 atom stereocenters. The van der Waals surface area contributed by atoms with Crippen LogP contribution >= 0.6 is 11.8 Å². The highest BCUT2D eigenvalue weighted by atomic mass is 32.2. The van der Waals surface area contributed by atoms with Crippen LogP contribution in [-0.4, -0.2) is 23.3 Å². The molecule has 0 aliphatic heterocycles. The van der Waals surface area contributed by atoms with E-state index in [1.807, 2.05) is 18.4 Å². The number of methoxy groups -OCH3 is 1. The molecule has 0 amide bonds. The first-order chi connectivity index (χ1) is 14.4. The molecule has 0 bridgehead atoms. The van der Waals surface area contributed by atoms with Gasteiger partial charge in [0.2, 0.25) is 5.95 Å². The van der Waals surface area contributed by atoms with E-state index in [2.05, 4.69) is 21.0 Å². The fourth-order valence-corrected chi connectivity index (χ4v) is 3.03. The second-order valence-corrected chi connectivity index (χ2v) is 6.64. The predicted octanol–water partition coefficient (Wildman–Crippen LogP) is 4.60. The Balaban J connectivity index is 0.00000101. The number of nitrogens with two attached hydrogens (primary N) is 1. The minimum atomic E-state index is -0.901. The largest absolute Gasteiger partial charge is 0.497 e. The molecule has 0 saturated heterocycles. The van der Waals surface area contributed by atoms with Gasteiger partial charge in [-0.3, -0.25) is 0 Å². The molecule has 0 fully saturated rings. The Hall–Kier alpha value is -3.45. The minimum absolute atomic E-state index is 0.0819. The van der Waals surface area contributed by atoms with E-state index in [4.69, 9.17) is 10.00 Å². The first-order valence-electron chi connectivity index (χ1n) is 8.43. The van der Waals surface area contributed by atoms with Crippen LogP contribution in [0.4, 0.5) is 24.8 Å². The van der Waals surface area contributed by atoms with E-state index in [9.17, 15) is 13.2 Å². The van der Waals surface area contributed by atoms with Crippen LogP contribution in [-0.2, 0) is 5.75 Å². The van der Waals surface area contributed by atoms with Crippen molar-refractivity contribution in [3.05, 3.63) is 65.6 Å². The fraction of sp³-hybridized carbons (Fsp3) is 0.150. The van der Waals surface area contributed by atoms with Gasteiger partial charge in [-0.05, 0) is 36.1 Å². The standard InChI is InChI=1S/C19H16F3N3OS.CH2N2/c1-26-14-6-11(10-27-2)5-13(8-14)24-19-23-9-17(22)18(25-19)15-4-3-12(20)7-16(15)21;2-1-3/h3-9H,10H2,1-2H3,(H,23,24,25);2H2. The van der Waals surface area contributed by atoms with Crippen LogP contribution in [0.3, 0.4) is 0 Å².